The van der Waals surface area contributed by atoms with Gasteiger partial charge in [0, 0.05) is 13.1 Å². The van der Waals surface area contributed by atoms with Gasteiger partial charge in [0.2, 0.25) is 0 Å². The van der Waals surface area contributed by atoms with Crippen LogP contribution in [0.25, 0.3) is 6.08 Å². The van der Waals surface area contributed by atoms with E-state index in [4.69, 9.17) is 0 Å². The van der Waals surface area contributed by atoms with Crippen LogP contribution < -0.4 is 0 Å². The number of benzene rings is 1. The third-order valence-corrected chi connectivity index (χ3v) is 4.97. The molecule has 4 heteroatoms. The molecule has 0 aromatic heterocycles. The predicted octanol–water partition coefficient (Wildman–Crippen LogP) is 3.71. The van der Waals surface area contributed by atoms with E-state index >= 15 is 0 Å². The van der Waals surface area contributed by atoms with Crippen molar-refractivity contribution in [3.8, 4) is 0 Å². The number of thioether (sulfide) groups is 1. The number of carbonyl (C=O) groups excluding carboxylic acids is 1. The molecule has 3 rings (SSSR count). The van der Waals surface area contributed by atoms with E-state index in [9.17, 15) is 4.79 Å². The molecule has 0 bridgehead atoms. The van der Waals surface area contributed by atoms with Gasteiger partial charge in [-0.1, -0.05) is 31.2 Å². The first-order chi connectivity index (χ1) is 10.3. The Labute approximate surface area is 130 Å². The van der Waals surface area contributed by atoms with E-state index in [-0.39, 0.29) is 5.91 Å². The molecule has 0 aliphatic carbocycles. The van der Waals surface area contributed by atoms with Crippen LogP contribution in [-0.4, -0.2) is 29.1 Å². The maximum absolute atomic E-state index is 12.1. The molecule has 1 aromatic carbocycles. The number of likely N-dealkylation sites (tertiary alicyclic amines) is 1. The molecule has 2 aliphatic rings. The third kappa shape index (κ3) is 3.38. The van der Waals surface area contributed by atoms with Gasteiger partial charge in [-0.3, -0.25) is 4.79 Å². The van der Waals surface area contributed by atoms with Gasteiger partial charge < -0.3 is 4.90 Å². The molecule has 1 saturated heterocycles. The number of amidine groups is 1. The molecule has 110 valence electrons. The Balaban J connectivity index is 1.72. The highest BCUT2D eigenvalue weighted by Gasteiger charge is 2.26. The first kappa shape index (κ1) is 14.4. The molecule has 1 fully saturated rings. The number of rotatable bonds is 2. The minimum absolute atomic E-state index is 0.0971. The zero-order valence-corrected chi connectivity index (χ0v) is 13.2. The normalized spacial score (nSPS) is 21.0. The largest absolute Gasteiger partial charge is 0.351 e. The molecule has 1 aromatic rings. The molecule has 0 N–H and O–H groups in total. The van der Waals surface area contributed by atoms with E-state index in [1.807, 2.05) is 6.08 Å². The van der Waals surface area contributed by atoms with Gasteiger partial charge in [-0.2, -0.15) is 4.99 Å². The summed E-state index contributed by atoms with van der Waals surface area (Å²) in [5, 5.41) is 0.885. The standard InChI is InChI=1S/C17H20N2OS/c1-2-13-6-8-14(9-7-13)12-15-16(20)18-17(21-15)19-10-4-3-5-11-19/h6-9,12H,2-5,10-11H2,1H3/b15-12-. The Kier molecular flexibility index (Phi) is 4.44. The highest BCUT2D eigenvalue weighted by atomic mass is 32.2. The molecule has 0 unspecified atom stereocenters. The lowest BCUT2D eigenvalue weighted by atomic mass is 10.1. The molecule has 0 saturated carbocycles. The molecule has 0 atom stereocenters. The molecule has 0 spiro atoms. The van der Waals surface area contributed by atoms with Crippen molar-refractivity contribution in [2.45, 2.75) is 32.6 Å². The fourth-order valence-corrected chi connectivity index (χ4v) is 3.58. The molecular formula is C17H20N2OS. The Bertz CT molecular complexity index is 583. The summed E-state index contributed by atoms with van der Waals surface area (Å²) in [7, 11) is 0. The van der Waals surface area contributed by atoms with Crippen LogP contribution in [-0.2, 0) is 11.2 Å². The van der Waals surface area contributed by atoms with Crippen LogP contribution in [0.5, 0.6) is 0 Å². The summed E-state index contributed by atoms with van der Waals surface area (Å²) in [4.78, 5) is 19.3. The first-order valence-electron chi connectivity index (χ1n) is 7.63. The number of nitrogens with zero attached hydrogens (tertiary/aromatic N) is 2. The molecule has 1 amide bonds. The van der Waals surface area contributed by atoms with Crippen molar-refractivity contribution < 1.29 is 4.79 Å². The average Bonchev–Trinajstić information content (AvgIpc) is 2.90. The quantitative estimate of drug-likeness (QED) is 0.781. The van der Waals surface area contributed by atoms with Gasteiger partial charge in [-0.15, -0.1) is 0 Å². The number of aryl methyl sites for hydroxylation is 1. The first-order valence-corrected chi connectivity index (χ1v) is 8.44. The number of hydrogen-bond acceptors (Lipinski definition) is 3. The minimum Gasteiger partial charge on any atom is -0.351 e. The van der Waals surface area contributed by atoms with Crippen molar-refractivity contribution in [3.05, 3.63) is 40.3 Å². The second kappa shape index (κ2) is 6.48. The van der Waals surface area contributed by atoms with Gasteiger partial charge in [0.15, 0.2) is 5.17 Å². The number of carbonyl (C=O) groups is 1. The summed E-state index contributed by atoms with van der Waals surface area (Å²) in [5.74, 6) is -0.0971. The zero-order valence-electron chi connectivity index (χ0n) is 12.3. The maximum atomic E-state index is 12.1. The Morgan fingerprint density at radius 1 is 1.19 bits per heavy atom. The summed E-state index contributed by atoms with van der Waals surface area (Å²) in [6.07, 6.45) is 6.67. The van der Waals surface area contributed by atoms with Crippen molar-refractivity contribution in [2.75, 3.05) is 13.1 Å². The zero-order chi connectivity index (χ0) is 14.7. The number of hydrogen-bond donors (Lipinski definition) is 0. The molecule has 2 heterocycles. The van der Waals surface area contributed by atoms with Crippen molar-refractivity contribution >= 4 is 28.9 Å². The van der Waals surface area contributed by atoms with Crippen molar-refractivity contribution in [3.63, 3.8) is 0 Å². The van der Waals surface area contributed by atoms with Gasteiger partial charge in [-0.25, -0.2) is 0 Å². The maximum Gasteiger partial charge on any atom is 0.286 e. The van der Waals surface area contributed by atoms with E-state index in [1.165, 1.54) is 36.6 Å². The van der Waals surface area contributed by atoms with Crippen LogP contribution in [0, 0.1) is 0 Å². The Morgan fingerprint density at radius 2 is 1.90 bits per heavy atom. The van der Waals surface area contributed by atoms with Crippen molar-refractivity contribution in [2.24, 2.45) is 4.99 Å². The fourth-order valence-electron chi connectivity index (χ4n) is 2.62. The van der Waals surface area contributed by atoms with Gasteiger partial charge in [-0.05, 0) is 54.6 Å². The summed E-state index contributed by atoms with van der Waals surface area (Å²) in [6.45, 7) is 4.19. The summed E-state index contributed by atoms with van der Waals surface area (Å²) in [5.41, 5.74) is 2.38. The highest BCUT2D eigenvalue weighted by molar-refractivity contribution is 8.18. The Hall–Kier alpha value is -1.55. The molecule has 21 heavy (non-hydrogen) atoms. The van der Waals surface area contributed by atoms with Gasteiger partial charge in [0.25, 0.3) is 5.91 Å². The van der Waals surface area contributed by atoms with Gasteiger partial charge in [0.1, 0.15) is 0 Å². The van der Waals surface area contributed by atoms with Crippen LogP contribution in [0.2, 0.25) is 0 Å². The lowest BCUT2D eigenvalue weighted by Gasteiger charge is -2.27. The van der Waals surface area contributed by atoms with Crippen LogP contribution in [0.1, 0.15) is 37.3 Å². The number of aliphatic imine (C=N–C) groups is 1. The topological polar surface area (TPSA) is 32.7 Å². The summed E-state index contributed by atoms with van der Waals surface area (Å²) < 4.78 is 0. The second-order valence-electron chi connectivity index (χ2n) is 5.45. The smallest absolute Gasteiger partial charge is 0.286 e. The lowest BCUT2D eigenvalue weighted by molar-refractivity contribution is -0.113. The van der Waals surface area contributed by atoms with Crippen molar-refractivity contribution in [1.29, 1.82) is 0 Å². The van der Waals surface area contributed by atoms with E-state index in [2.05, 4.69) is 41.1 Å². The van der Waals surface area contributed by atoms with E-state index in [0.717, 1.165) is 35.1 Å². The third-order valence-electron chi connectivity index (χ3n) is 3.92. The monoisotopic (exact) mass is 300 g/mol. The number of piperidine rings is 1. The van der Waals surface area contributed by atoms with Gasteiger partial charge in [0.05, 0.1) is 4.91 Å². The second-order valence-corrected chi connectivity index (χ2v) is 6.46. The van der Waals surface area contributed by atoms with Crippen LogP contribution in [0.3, 0.4) is 0 Å². The Morgan fingerprint density at radius 3 is 2.57 bits per heavy atom. The minimum atomic E-state index is -0.0971. The van der Waals surface area contributed by atoms with Crippen LogP contribution in [0.4, 0.5) is 0 Å². The van der Waals surface area contributed by atoms with E-state index in [1.54, 1.807) is 0 Å². The van der Waals surface area contributed by atoms with E-state index < -0.39 is 0 Å². The average molecular weight is 300 g/mol. The van der Waals surface area contributed by atoms with Crippen LogP contribution >= 0.6 is 11.8 Å². The van der Waals surface area contributed by atoms with Crippen molar-refractivity contribution in [1.82, 2.24) is 4.90 Å². The SMILES string of the molecule is CCc1ccc(/C=C2\SC(N3CCCCC3)=NC2=O)cc1. The lowest BCUT2D eigenvalue weighted by Crippen LogP contribution is -2.33. The van der Waals surface area contributed by atoms with Crippen LogP contribution in [0.15, 0.2) is 34.2 Å². The molecular weight excluding hydrogens is 280 g/mol. The highest BCUT2D eigenvalue weighted by Crippen LogP contribution is 2.31. The van der Waals surface area contributed by atoms with Gasteiger partial charge >= 0.3 is 0 Å². The summed E-state index contributed by atoms with van der Waals surface area (Å²) in [6, 6.07) is 8.36. The molecule has 2 aliphatic heterocycles. The molecule has 0 radical (unpaired) electrons. The predicted molar refractivity (Wildman–Crippen MR) is 89.3 cm³/mol. The number of amides is 1. The summed E-state index contributed by atoms with van der Waals surface area (Å²) >= 11 is 1.52. The fraction of sp³-hybridized carbons (Fsp3) is 0.412. The van der Waals surface area contributed by atoms with E-state index in [0.29, 0.717) is 0 Å². The molecule has 3 nitrogen and oxygen atoms in total.